The molecule has 2 aromatic carbocycles. The SMILES string of the molecule is COc1cc(N(C2CCC2)[N+]23C=CN=CC2=CN=C3)ccc1Oc1ccccc1C. The highest BCUT2D eigenvalue weighted by Gasteiger charge is 2.46. The van der Waals surface area contributed by atoms with E-state index in [2.05, 4.69) is 33.3 Å². The maximum absolute atomic E-state index is 6.18. The number of nitrogens with zero attached hydrogens (tertiary/aromatic N) is 4. The molecule has 0 aromatic heterocycles. The number of allylic oxidation sites excluding steroid dienone is 1. The Morgan fingerprint density at radius 1 is 1.03 bits per heavy atom. The molecule has 2 aliphatic heterocycles. The second kappa shape index (κ2) is 7.46. The van der Waals surface area contributed by atoms with Crippen molar-refractivity contribution >= 4 is 18.2 Å². The van der Waals surface area contributed by atoms with Crippen molar-refractivity contribution in [3.63, 3.8) is 0 Å². The van der Waals surface area contributed by atoms with Gasteiger partial charge in [-0.15, -0.1) is 4.59 Å². The third kappa shape index (κ3) is 3.00. The van der Waals surface area contributed by atoms with Crippen LogP contribution in [0.25, 0.3) is 0 Å². The van der Waals surface area contributed by atoms with Crippen LogP contribution in [0, 0.1) is 6.92 Å². The van der Waals surface area contributed by atoms with Crippen LogP contribution in [-0.4, -0.2) is 30.3 Å². The smallest absolute Gasteiger partial charge is 0.225 e. The minimum absolute atomic E-state index is 0.418. The number of fused-ring (bicyclic) bond motifs is 1. The van der Waals surface area contributed by atoms with Crippen LogP contribution < -0.4 is 14.5 Å². The summed E-state index contributed by atoms with van der Waals surface area (Å²) >= 11 is 0. The number of anilines is 1. The molecular formula is C24H25N4O2+. The van der Waals surface area contributed by atoms with Crippen molar-refractivity contribution in [2.45, 2.75) is 32.2 Å². The molecule has 2 heterocycles. The summed E-state index contributed by atoms with van der Waals surface area (Å²) in [6.45, 7) is 2.04. The van der Waals surface area contributed by atoms with Crippen LogP contribution in [0.3, 0.4) is 0 Å². The van der Waals surface area contributed by atoms with Gasteiger partial charge in [-0.3, -0.25) is 4.99 Å². The zero-order valence-corrected chi connectivity index (χ0v) is 17.2. The van der Waals surface area contributed by atoms with Crippen LogP contribution in [0.5, 0.6) is 17.2 Å². The monoisotopic (exact) mass is 401 g/mol. The summed E-state index contributed by atoms with van der Waals surface area (Å²) in [5, 5.41) is 2.40. The number of hydrogen-bond acceptors (Lipinski definition) is 5. The van der Waals surface area contributed by atoms with Crippen molar-refractivity contribution in [3.8, 4) is 17.2 Å². The standard InChI is InChI=1S/C24H25N4O2/c1-18-6-3-4-9-22(18)30-23-11-10-20(14-24(23)29-2)27(19-7-5-8-19)28-13-12-25-15-21(28)16-26-17-28/h3-4,6,9-17,19H,5,7-8H2,1-2H3/q+1. The summed E-state index contributed by atoms with van der Waals surface area (Å²) in [5.41, 5.74) is 3.18. The van der Waals surface area contributed by atoms with Gasteiger partial charge in [0.25, 0.3) is 0 Å². The lowest BCUT2D eigenvalue weighted by Crippen LogP contribution is -2.61. The number of ether oxygens (including phenoxy) is 2. The number of aliphatic imine (C=N–C) groups is 2. The normalized spacial score (nSPS) is 21.7. The summed E-state index contributed by atoms with van der Waals surface area (Å²) in [7, 11) is 1.68. The van der Waals surface area contributed by atoms with E-state index < -0.39 is 0 Å². The quantitative estimate of drug-likeness (QED) is 0.615. The minimum atomic E-state index is 0.418. The van der Waals surface area contributed by atoms with Gasteiger partial charge in [-0.1, -0.05) is 18.2 Å². The lowest BCUT2D eigenvalue weighted by atomic mass is 9.91. The second-order valence-electron chi connectivity index (χ2n) is 7.77. The fourth-order valence-corrected chi connectivity index (χ4v) is 4.11. The van der Waals surface area contributed by atoms with E-state index in [4.69, 9.17) is 9.47 Å². The Morgan fingerprint density at radius 2 is 1.90 bits per heavy atom. The molecular weight excluding hydrogens is 376 g/mol. The fraction of sp³-hybridized carbons (Fsp3) is 0.250. The van der Waals surface area contributed by atoms with Crippen molar-refractivity contribution in [2.24, 2.45) is 9.98 Å². The molecule has 1 unspecified atom stereocenters. The molecule has 0 N–H and O–H groups in total. The van der Waals surface area contributed by atoms with Crippen LogP contribution in [0.15, 0.2) is 76.7 Å². The van der Waals surface area contributed by atoms with Crippen molar-refractivity contribution in [1.29, 1.82) is 0 Å². The van der Waals surface area contributed by atoms with E-state index in [0.717, 1.165) is 35.5 Å². The molecule has 0 amide bonds. The molecule has 6 heteroatoms. The zero-order chi connectivity index (χ0) is 20.6. The highest BCUT2D eigenvalue weighted by atomic mass is 16.5. The lowest BCUT2D eigenvalue weighted by molar-refractivity contribution is -0.746. The first kappa shape index (κ1) is 18.6. The van der Waals surface area contributed by atoms with Crippen molar-refractivity contribution in [3.05, 3.63) is 72.3 Å². The number of para-hydroxylation sites is 1. The minimum Gasteiger partial charge on any atom is -0.493 e. The average molecular weight is 401 g/mol. The molecule has 1 atom stereocenters. The fourth-order valence-electron chi connectivity index (χ4n) is 4.11. The molecule has 0 radical (unpaired) electrons. The van der Waals surface area contributed by atoms with Crippen LogP contribution >= 0.6 is 0 Å². The Kier molecular flexibility index (Phi) is 4.64. The first-order chi connectivity index (χ1) is 14.7. The van der Waals surface area contributed by atoms with Crippen molar-refractivity contribution in [2.75, 3.05) is 12.1 Å². The van der Waals surface area contributed by atoms with E-state index in [1.54, 1.807) is 7.11 Å². The Balaban J connectivity index is 1.54. The van der Waals surface area contributed by atoms with Gasteiger partial charge in [0, 0.05) is 6.07 Å². The van der Waals surface area contributed by atoms with Gasteiger partial charge in [0.1, 0.15) is 5.75 Å². The third-order valence-electron chi connectivity index (χ3n) is 5.95. The molecule has 1 aliphatic carbocycles. The number of hydrogen-bond donors (Lipinski definition) is 0. The molecule has 1 fully saturated rings. The van der Waals surface area contributed by atoms with Crippen molar-refractivity contribution < 1.29 is 14.1 Å². The van der Waals surface area contributed by atoms with E-state index in [1.165, 1.54) is 6.42 Å². The van der Waals surface area contributed by atoms with Crippen LogP contribution in [-0.2, 0) is 0 Å². The zero-order valence-electron chi connectivity index (χ0n) is 17.2. The molecule has 5 rings (SSSR count). The lowest BCUT2D eigenvalue weighted by Gasteiger charge is -2.46. The number of benzene rings is 2. The van der Waals surface area contributed by atoms with Gasteiger partial charge in [-0.05, 0) is 49.9 Å². The van der Waals surface area contributed by atoms with Gasteiger partial charge < -0.3 is 9.47 Å². The van der Waals surface area contributed by atoms with Gasteiger partial charge in [0.05, 0.1) is 37.5 Å². The van der Waals surface area contributed by atoms with E-state index in [0.29, 0.717) is 22.1 Å². The maximum Gasteiger partial charge on any atom is 0.225 e. The molecule has 6 nitrogen and oxygen atoms in total. The van der Waals surface area contributed by atoms with Gasteiger partial charge in [-0.25, -0.2) is 10.0 Å². The van der Waals surface area contributed by atoms with E-state index in [-0.39, 0.29) is 0 Å². The number of aryl methyl sites for hydroxylation is 1. The van der Waals surface area contributed by atoms with Gasteiger partial charge in [0.2, 0.25) is 12.0 Å². The van der Waals surface area contributed by atoms with Crippen LogP contribution in [0.2, 0.25) is 0 Å². The molecule has 0 bridgehead atoms. The Hall–Kier alpha value is -3.38. The van der Waals surface area contributed by atoms with Gasteiger partial charge in [-0.2, -0.15) is 0 Å². The predicted octanol–water partition coefficient (Wildman–Crippen LogP) is 5.33. The summed E-state index contributed by atoms with van der Waals surface area (Å²) in [4.78, 5) is 8.76. The van der Waals surface area contributed by atoms with Crippen LogP contribution in [0.1, 0.15) is 24.8 Å². The Bertz CT molecular complexity index is 1080. The summed E-state index contributed by atoms with van der Waals surface area (Å²) in [6, 6.07) is 14.6. The summed E-state index contributed by atoms with van der Waals surface area (Å²) < 4.78 is 12.3. The molecule has 30 heavy (non-hydrogen) atoms. The number of methoxy groups -OCH3 is 1. The molecule has 2 aromatic rings. The average Bonchev–Trinajstić information content (AvgIpc) is 3.17. The number of quaternary nitrogens is 1. The summed E-state index contributed by atoms with van der Waals surface area (Å²) in [6.07, 6.45) is 13.2. The van der Waals surface area contributed by atoms with Crippen molar-refractivity contribution in [1.82, 2.24) is 0 Å². The molecule has 152 valence electrons. The highest BCUT2D eigenvalue weighted by Crippen LogP contribution is 2.42. The third-order valence-corrected chi connectivity index (χ3v) is 5.95. The van der Waals surface area contributed by atoms with Crippen LogP contribution in [0.4, 0.5) is 5.69 Å². The van der Waals surface area contributed by atoms with E-state index in [9.17, 15) is 0 Å². The largest absolute Gasteiger partial charge is 0.493 e. The molecule has 3 aliphatic rings. The predicted molar refractivity (Wildman–Crippen MR) is 119 cm³/mol. The van der Waals surface area contributed by atoms with Gasteiger partial charge in [0.15, 0.2) is 17.7 Å². The Morgan fingerprint density at radius 3 is 2.67 bits per heavy atom. The maximum atomic E-state index is 6.18. The topological polar surface area (TPSA) is 46.4 Å². The molecule has 0 spiro atoms. The molecule has 0 saturated heterocycles. The van der Waals surface area contributed by atoms with E-state index in [1.807, 2.05) is 62.2 Å². The number of rotatable bonds is 6. The second-order valence-corrected chi connectivity index (χ2v) is 7.77. The Labute approximate surface area is 176 Å². The summed E-state index contributed by atoms with van der Waals surface area (Å²) in [5.74, 6) is 2.23. The van der Waals surface area contributed by atoms with Gasteiger partial charge >= 0.3 is 0 Å². The first-order valence-electron chi connectivity index (χ1n) is 10.3. The van der Waals surface area contributed by atoms with E-state index >= 15 is 0 Å². The highest BCUT2D eigenvalue weighted by molar-refractivity contribution is 5.82. The molecule has 1 saturated carbocycles. The first-order valence-corrected chi connectivity index (χ1v) is 10.3.